The minimum atomic E-state index is 0.124. The van der Waals surface area contributed by atoms with E-state index in [1.807, 2.05) is 41.0 Å². The summed E-state index contributed by atoms with van der Waals surface area (Å²) in [5.41, 5.74) is 2.10. The van der Waals surface area contributed by atoms with Gasteiger partial charge in [-0.3, -0.25) is 4.79 Å². The van der Waals surface area contributed by atoms with Crippen LogP contribution in [0.1, 0.15) is 25.3 Å². The average Bonchev–Trinajstić information content (AvgIpc) is 2.96. The van der Waals surface area contributed by atoms with Crippen LogP contribution in [-0.4, -0.2) is 47.1 Å². The Kier molecular flexibility index (Phi) is 4.60. The number of carbonyl (C=O) groups excluding carboxylic acids is 1. The van der Waals surface area contributed by atoms with Crippen molar-refractivity contribution in [2.75, 3.05) is 31.1 Å². The predicted molar refractivity (Wildman–Crippen MR) is 88.2 cm³/mol. The van der Waals surface area contributed by atoms with E-state index >= 15 is 0 Å². The third-order valence-corrected chi connectivity index (χ3v) is 4.02. The maximum Gasteiger partial charge on any atom is 0.324 e. The molecule has 6 nitrogen and oxygen atoms in total. The van der Waals surface area contributed by atoms with Gasteiger partial charge in [-0.1, -0.05) is 41.9 Å². The number of hydrogen-bond acceptors (Lipinski definition) is 5. The van der Waals surface area contributed by atoms with E-state index < -0.39 is 0 Å². The summed E-state index contributed by atoms with van der Waals surface area (Å²) in [5.74, 6) is 0.682. The van der Waals surface area contributed by atoms with Crippen LogP contribution in [0.3, 0.4) is 0 Å². The molecule has 2 aromatic rings. The Morgan fingerprint density at radius 1 is 1.22 bits per heavy atom. The first kappa shape index (κ1) is 15.5. The quantitative estimate of drug-likeness (QED) is 0.867. The number of benzene rings is 1. The van der Waals surface area contributed by atoms with Gasteiger partial charge in [0.2, 0.25) is 11.7 Å². The standard InChI is InChI=1S/C17H22N4O2/c1-3-9-20-10-4-11-21(12-15(20)22)17-18-16(19-23-17)14-7-5-13(2)6-8-14/h5-8H,3-4,9-12H2,1-2H3. The molecule has 0 saturated carbocycles. The number of rotatable bonds is 4. The lowest BCUT2D eigenvalue weighted by atomic mass is 10.1. The highest BCUT2D eigenvalue weighted by molar-refractivity contribution is 5.81. The van der Waals surface area contributed by atoms with E-state index in [1.54, 1.807) is 0 Å². The van der Waals surface area contributed by atoms with Gasteiger partial charge < -0.3 is 14.3 Å². The summed E-state index contributed by atoms with van der Waals surface area (Å²) >= 11 is 0. The molecule has 0 radical (unpaired) electrons. The van der Waals surface area contributed by atoms with Gasteiger partial charge in [-0.2, -0.15) is 4.98 Å². The van der Waals surface area contributed by atoms with Crippen molar-refractivity contribution < 1.29 is 9.32 Å². The molecule has 1 aliphatic rings. The van der Waals surface area contributed by atoms with Crippen LogP contribution in [0, 0.1) is 6.92 Å². The first-order valence-corrected chi connectivity index (χ1v) is 8.11. The lowest BCUT2D eigenvalue weighted by molar-refractivity contribution is -0.129. The van der Waals surface area contributed by atoms with Gasteiger partial charge in [0.25, 0.3) is 0 Å². The summed E-state index contributed by atoms with van der Waals surface area (Å²) in [4.78, 5) is 20.5. The third kappa shape index (κ3) is 3.52. The van der Waals surface area contributed by atoms with E-state index in [-0.39, 0.29) is 5.91 Å². The molecule has 2 heterocycles. The second-order valence-electron chi connectivity index (χ2n) is 5.92. The second kappa shape index (κ2) is 6.81. The summed E-state index contributed by atoms with van der Waals surface area (Å²) in [5, 5.41) is 4.05. The van der Waals surface area contributed by atoms with Crippen LogP contribution in [0.5, 0.6) is 0 Å². The fourth-order valence-electron chi connectivity index (χ4n) is 2.75. The molecule has 1 aromatic carbocycles. The monoisotopic (exact) mass is 314 g/mol. The van der Waals surface area contributed by atoms with Crippen molar-refractivity contribution in [3.05, 3.63) is 29.8 Å². The normalized spacial score (nSPS) is 15.8. The van der Waals surface area contributed by atoms with Crippen molar-refractivity contribution in [2.45, 2.75) is 26.7 Å². The van der Waals surface area contributed by atoms with Gasteiger partial charge in [-0.15, -0.1) is 0 Å². The molecule has 0 unspecified atom stereocenters. The Morgan fingerprint density at radius 3 is 2.74 bits per heavy atom. The van der Waals surface area contributed by atoms with Gasteiger partial charge in [0.1, 0.15) is 6.54 Å². The van der Waals surface area contributed by atoms with Gasteiger partial charge in [-0.25, -0.2) is 0 Å². The number of amides is 1. The van der Waals surface area contributed by atoms with Crippen LogP contribution in [0.4, 0.5) is 6.01 Å². The number of carbonyl (C=O) groups is 1. The minimum Gasteiger partial charge on any atom is -0.341 e. The fourth-order valence-corrected chi connectivity index (χ4v) is 2.75. The zero-order valence-electron chi connectivity index (χ0n) is 13.7. The molecule has 0 bridgehead atoms. The van der Waals surface area contributed by atoms with E-state index in [0.29, 0.717) is 18.4 Å². The van der Waals surface area contributed by atoms with Crippen LogP contribution in [0.15, 0.2) is 28.8 Å². The molecule has 6 heteroatoms. The van der Waals surface area contributed by atoms with Crippen LogP contribution in [-0.2, 0) is 4.79 Å². The lowest BCUT2D eigenvalue weighted by Crippen LogP contribution is -2.37. The smallest absolute Gasteiger partial charge is 0.324 e. The Balaban J connectivity index is 1.75. The molecule has 1 amide bonds. The lowest BCUT2D eigenvalue weighted by Gasteiger charge is -2.19. The molecule has 1 fully saturated rings. The zero-order chi connectivity index (χ0) is 16.2. The van der Waals surface area contributed by atoms with Gasteiger partial charge in [0.05, 0.1) is 0 Å². The molecule has 1 aromatic heterocycles. The Bertz CT molecular complexity index is 665. The molecule has 3 rings (SSSR count). The molecule has 1 saturated heterocycles. The SMILES string of the molecule is CCCN1CCCN(c2nc(-c3ccc(C)cc3)no2)CC1=O. The zero-order valence-corrected chi connectivity index (χ0v) is 13.7. The van der Waals surface area contributed by atoms with Gasteiger partial charge in [0, 0.05) is 25.2 Å². The Morgan fingerprint density at radius 2 is 2.00 bits per heavy atom. The second-order valence-corrected chi connectivity index (χ2v) is 5.92. The number of nitrogens with zero attached hydrogens (tertiary/aromatic N) is 4. The van der Waals surface area contributed by atoms with Crippen molar-refractivity contribution in [1.82, 2.24) is 15.0 Å². The van der Waals surface area contributed by atoms with Crippen molar-refractivity contribution in [3.8, 4) is 11.4 Å². The van der Waals surface area contributed by atoms with Crippen molar-refractivity contribution in [1.29, 1.82) is 0 Å². The summed E-state index contributed by atoms with van der Waals surface area (Å²) in [6.45, 7) is 6.78. The molecule has 0 spiro atoms. The van der Waals surface area contributed by atoms with Gasteiger partial charge >= 0.3 is 6.01 Å². The Labute approximate surface area is 136 Å². The molecule has 122 valence electrons. The Hall–Kier alpha value is -2.37. The van der Waals surface area contributed by atoms with Crippen LogP contribution in [0.25, 0.3) is 11.4 Å². The maximum atomic E-state index is 12.3. The number of anilines is 1. The molecular formula is C17H22N4O2. The molecule has 0 N–H and O–H groups in total. The summed E-state index contributed by atoms with van der Waals surface area (Å²) in [7, 11) is 0. The van der Waals surface area contributed by atoms with E-state index in [2.05, 4.69) is 17.1 Å². The number of hydrogen-bond donors (Lipinski definition) is 0. The summed E-state index contributed by atoms with van der Waals surface area (Å²) in [6, 6.07) is 8.40. The van der Waals surface area contributed by atoms with Gasteiger partial charge in [-0.05, 0) is 19.8 Å². The molecule has 0 atom stereocenters. The molecular weight excluding hydrogens is 292 g/mol. The van der Waals surface area contributed by atoms with Crippen LogP contribution in [0.2, 0.25) is 0 Å². The predicted octanol–water partition coefficient (Wildman–Crippen LogP) is 2.49. The minimum absolute atomic E-state index is 0.124. The maximum absolute atomic E-state index is 12.3. The number of aromatic nitrogens is 2. The van der Waals surface area contributed by atoms with E-state index in [1.165, 1.54) is 5.56 Å². The average molecular weight is 314 g/mol. The highest BCUT2D eigenvalue weighted by Crippen LogP contribution is 2.21. The third-order valence-electron chi connectivity index (χ3n) is 4.02. The van der Waals surface area contributed by atoms with Crippen molar-refractivity contribution in [2.24, 2.45) is 0 Å². The first-order chi connectivity index (χ1) is 11.2. The summed E-state index contributed by atoms with van der Waals surface area (Å²) in [6.07, 6.45) is 1.89. The van der Waals surface area contributed by atoms with Gasteiger partial charge in [0.15, 0.2) is 0 Å². The van der Waals surface area contributed by atoms with Crippen LogP contribution >= 0.6 is 0 Å². The largest absolute Gasteiger partial charge is 0.341 e. The van der Waals surface area contributed by atoms with E-state index in [0.717, 1.165) is 38.0 Å². The summed E-state index contributed by atoms with van der Waals surface area (Å²) < 4.78 is 5.38. The highest BCUT2D eigenvalue weighted by atomic mass is 16.5. The van der Waals surface area contributed by atoms with E-state index in [4.69, 9.17) is 4.52 Å². The highest BCUT2D eigenvalue weighted by Gasteiger charge is 2.24. The molecule has 1 aliphatic heterocycles. The topological polar surface area (TPSA) is 62.5 Å². The molecule has 23 heavy (non-hydrogen) atoms. The van der Waals surface area contributed by atoms with Crippen molar-refractivity contribution in [3.63, 3.8) is 0 Å². The van der Waals surface area contributed by atoms with Crippen LogP contribution < -0.4 is 4.90 Å². The number of aryl methyl sites for hydroxylation is 1. The molecule has 0 aliphatic carbocycles. The fraction of sp³-hybridized carbons (Fsp3) is 0.471. The van der Waals surface area contributed by atoms with Crippen molar-refractivity contribution >= 4 is 11.9 Å². The van der Waals surface area contributed by atoms with E-state index in [9.17, 15) is 4.79 Å². The first-order valence-electron chi connectivity index (χ1n) is 8.11.